The SMILES string of the molecule is CCOC(=O)CSc1nc2cc3c(nc2n1C(=O)c1ccccc1)CC(C)(C)OC3. The van der Waals surface area contributed by atoms with Crippen LogP contribution in [0.2, 0.25) is 0 Å². The van der Waals surface area contributed by atoms with E-state index in [1.807, 2.05) is 38.1 Å². The van der Waals surface area contributed by atoms with Gasteiger partial charge in [-0.1, -0.05) is 30.0 Å². The molecule has 0 unspecified atom stereocenters. The molecule has 1 aliphatic rings. The molecule has 0 bridgehead atoms. The van der Waals surface area contributed by atoms with E-state index in [4.69, 9.17) is 14.5 Å². The van der Waals surface area contributed by atoms with E-state index in [0.29, 0.717) is 41.5 Å². The number of ether oxygens (including phenoxy) is 2. The number of imidazole rings is 1. The summed E-state index contributed by atoms with van der Waals surface area (Å²) in [5, 5.41) is 0.418. The zero-order chi connectivity index (χ0) is 21.3. The molecule has 7 nitrogen and oxygen atoms in total. The van der Waals surface area contributed by atoms with E-state index in [2.05, 4.69) is 4.98 Å². The van der Waals surface area contributed by atoms with Gasteiger partial charge in [0.05, 0.1) is 30.3 Å². The lowest BCUT2D eigenvalue weighted by Crippen LogP contribution is -2.32. The van der Waals surface area contributed by atoms with Crippen molar-refractivity contribution in [2.24, 2.45) is 0 Å². The highest BCUT2D eigenvalue weighted by atomic mass is 32.2. The average molecular weight is 426 g/mol. The van der Waals surface area contributed by atoms with Gasteiger partial charge in [0, 0.05) is 17.5 Å². The number of thioether (sulfide) groups is 1. The summed E-state index contributed by atoms with van der Waals surface area (Å²) >= 11 is 1.17. The number of esters is 1. The predicted molar refractivity (Wildman–Crippen MR) is 114 cm³/mol. The minimum atomic E-state index is -0.351. The van der Waals surface area contributed by atoms with Crippen LogP contribution in [0.15, 0.2) is 41.6 Å². The van der Waals surface area contributed by atoms with Gasteiger partial charge in [0.15, 0.2) is 10.8 Å². The van der Waals surface area contributed by atoms with Gasteiger partial charge in [-0.05, 0) is 39.0 Å². The van der Waals surface area contributed by atoms with Gasteiger partial charge >= 0.3 is 5.97 Å². The lowest BCUT2D eigenvalue weighted by molar-refractivity contribution is -0.139. The minimum Gasteiger partial charge on any atom is -0.465 e. The van der Waals surface area contributed by atoms with Crippen LogP contribution in [0.3, 0.4) is 0 Å². The molecule has 2 aromatic heterocycles. The number of fused-ring (bicyclic) bond motifs is 2. The van der Waals surface area contributed by atoms with Crippen molar-refractivity contribution in [2.75, 3.05) is 12.4 Å². The van der Waals surface area contributed by atoms with Crippen molar-refractivity contribution in [3.63, 3.8) is 0 Å². The van der Waals surface area contributed by atoms with Gasteiger partial charge in [-0.3, -0.25) is 9.59 Å². The summed E-state index contributed by atoms with van der Waals surface area (Å²) in [6.45, 7) is 6.57. The Morgan fingerprint density at radius 2 is 2.00 bits per heavy atom. The van der Waals surface area contributed by atoms with Crippen molar-refractivity contribution in [3.05, 3.63) is 53.2 Å². The smallest absolute Gasteiger partial charge is 0.316 e. The zero-order valence-electron chi connectivity index (χ0n) is 17.2. The van der Waals surface area contributed by atoms with Gasteiger partial charge in [0.1, 0.15) is 5.52 Å². The monoisotopic (exact) mass is 425 g/mol. The van der Waals surface area contributed by atoms with Crippen LogP contribution in [-0.2, 0) is 27.3 Å². The molecule has 1 aromatic carbocycles. The normalized spacial score (nSPS) is 15.0. The van der Waals surface area contributed by atoms with Crippen molar-refractivity contribution in [1.29, 1.82) is 0 Å². The number of aromatic nitrogens is 3. The standard InChI is InChI=1S/C22H23N3O4S/c1-4-28-18(26)13-30-21-24-16-10-15-12-29-22(2,3)11-17(15)23-19(16)25(21)20(27)14-8-6-5-7-9-14/h5-10H,4,11-13H2,1-3H3. The highest BCUT2D eigenvalue weighted by molar-refractivity contribution is 7.99. The second-order valence-corrected chi connectivity index (χ2v) is 8.60. The number of hydrogen-bond acceptors (Lipinski definition) is 7. The fourth-order valence-electron chi connectivity index (χ4n) is 3.38. The Kier molecular flexibility index (Phi) is 5.62. The van der Waals surface area contributed by atoms with E-state index in [9.17, 15) is 9.59 Å². The Morgan fingerprint density at radius 1 is 1.23 bits per heavy atom. The number of carbonyl (C=O) groups excluding carboxylic acids is 2. The number of pyridine rings is 1. The number of hydrogen-bond donors (Lipinski definition) is 0. The van der Waals surface area contributed by atoms with Crippen LogP contribution in [0, 0.1) is 0 Å². The predicted octanol–water partition coefficient (Wildman–Crippen LogP) is 3.63. The molecule has 0 saturated heterocycles. The van der Waals surface area contributed by atoms with Gasteiger partial charge in [-0.2, -0.15) is 0 Å². The summed E-state index contributed by atoms with van der Waals surface area (Å²) in [5.41, 5.74) is 3.18. The average Bonchev–Trinajstić information content (AvgIpc) is 3.07. The fraction of sp³-hybridized carbons (Fsp3) is 0.364. The van der Waals surface area contributed by atoms with Crippen LogP contribution >= 0.6 is 11.8 Å². The summed E-state index contributed by atoms with van der Waals surface area (Å²) in [5.74, 6) is -0.520. The lowest BCUT2D eigenvalue weighted by Gasteiger charge is -2.30. The highest BCUT2D eigenvalue weighted by Crippen LogP contribution is 2.31. The molecule has 8 heteroatoms. The third kappa shape index (κ3) is 4.11. The Labute approximate surface area is 178 Å². The van der Waals surface area contributed by atoms with Gasteiger partial charge in [0.25, 0.3) is 5.91 Å². The Morgan fingerprint density at radius 3 is 2.73 bits per heavy atom. The molecule has 156 valence electrons. The summed E-state index contributed by atoms with van der Waals surface area (Å²) in [6.07, 6.45) is 0.647. The Hall–Kier alpha value is -2.71. The first-order valence-corrected chi connectivity index (χ1v) is 10.8. The van der Waals surface area contributed by atoms with Crippen LogP contribution in [-0.4, -0.2) is 44.4 Å². The van der Waals surface area contributed by atoms with Crippen LogP contribution in [0.5, 0.6) is 0 Å². The van der Waals surface area contributed by atoms with E-state index in [0.717, 1.165) is 11.3 Å². The van der Waals surface area contributed by atoms with Crippen molar-refractivity contribution >= 4 is 34.8 Å². The summed E-state index contributed by atoms with van der Waals surface area (Å²) in [7, 11) is 0. The lowest BCUT2D eigenvalue weighted by atomic mass is 9.96. The highest BCUT2D eigenvalue weighted by Gasteiger charge is 2.29. The number of benzene rings is 1. The van der Waals surface area contributed by atoms with E-state index in [-0.39, 0.29) is 23.2 Å². The maximum atomic E-state index is 13.3. The number of rotatable bonds is 5. The largest absolute Gasteiger partial charge is 0.465 e. The van der Waals surface area contributed by atoms with Crippen molar-refractivity contribution in [2.45, 2.75) is 44.6 Å². The third-order valence-electron chi connectivity index (χ3n) is 4.83. The van der Waals surface area contributed by atoms with Crippen molar-refractivity contribution in [1.82, 2.24) is 14.5 Å². The quantitative estimate of drug-likeness (QED) is 0.456. The number of nitrogens with zero attached hydrogens (tertiary/aromatic N) is 3. The summed E-state index contributed by atoms with van der Waals surface area (Å²) in [4.78, 5) is 34.6. The van der Waals surface area contributed by atoms with Gasteiger partial charge < -0.3 is 9.47 Å². The third-order valence-corrected chi connectivity index (χ3v) is 5.74. The molecule has 3 aromatic rings. The molecule has 4 rings (SSSR count). The maximum Gasteiger partial charge on any atom is 0.316 e. The van der Waals surface area contributed by atoms with Crippen LogP contribution < -0.4 is 0 Å². The summed E-state index contributed by atoms with van der Waals surface area (Å²) in [6, 6.07) is 10.9. The molecule has 0 fully saturated rings. The van der Waals surface area contributed by atoms with E-state index in [1.54, 1.807) is 19.1 Å². The molecular formula is C22H23N3O4S. The molecular weight excluding hydrogens is 402 g/mol. The molecule has 3 heterocycles. The molecule has 0 atom stereocenters. The molecule has 0 spiro atoms. The van der Waals surface area contributed by atoms with Crippen LogP contribution in [0.25, 0.3) is 11.2 Å². The van der Waals surface area contributed by atoms with Gasteiger partial charge in [-0.15, -0.1) is 0 Å². The molecule has 0 saturated carbocycles. The molecule has 0 aliphatic carbocycles. The number of carbonyl (C=O) groups is 2. The first-order chi connectivity index (χ1) is 14.4. The minimum absolute atomic E-state index is 0.0646. The molecule has 0 amide bonds. The molecule has 1 aliphatic heterocycles. The first-order valence-electron chi connectivity index (χ1n) is 9.81. The van der Waals surface area contributed by atoms with Crippen LogP contribution in [0.1, 0.15) is 42.4 Å². The molecule has 0 radical (unpaired) electrons. The maximum absolute atomic E-state index is 13.3. The fourth-order valence-corrected chi connectivity index (χ4v) is 4.17. The first kappa shape index (κ1) is 20.6. The van der Waals surface area contributed by atoms with E-state index >= 15 is 0 Å². The Balaban J connectivity index is 1.80. The molecule has 0 N–H and O–H groups in total. The topological polar surface area (TPSA) is 83.3 Å². The van der Waals surface area contributed by atoms with Crippen LogP contribution in [0.4, 0.5) is 0 Å². The van der Waals surface area contributed by atoms with Crippen molar-refractivity contribution in [3.8, 4) is 0 Å². The van der Waals surface area contributed by atoms with Crippen molar-refractivity contribution < 1.29 is 19.1 Å². The van der Waals surface area contributed by atoms with E-state index < -0.39 is 0 Å². The second-order valence-electron chi connectivity index (χ2n) is 7.66. The van der Waals surface area contributed by atoms with Gasteiger partial charge in [0.2, 0.25) is 0 Å². The molecule has 30 heavy (non-hydrogen) atoms. The van der Waals surface area contributed by atoms with Gasteiger partial charge in [-0.25, -0.2) is 14.5 Å². The second kappa shape index (κ2) is 8.20. The van der Waals surface area contributed by atoms with E-state index in [1.165, 1.54) is 16.3 Å². The zero-order valence-corrected chi connectivity index (χ0v) is 18.0. The summed E-state index contributed by atoms with van der Waals surface area (Å²) < 4.78 is 12.4. The Bertz CT molecular complexity index is 1110.